The van der Waals surface area contributed by atoms with Gasteiger partial charge in [0.15, 0.2) is 0 Å². The van der Waals surface area contributed by atoms with Gasteiger partial charge in [-0.25, -0.2) is 0 Å². The Kier molecular flexibility index (Phi) is 7.20. The third kappa shape index (κ3) is 5.31. The first-order valence-electron chi connectivity index (χ1n) is 6.97. The van der Waals surface area contributed by atoms with Gasteiger partial charge in [0, 0.05) is 12.6 Å². The third-order valence-corrected chi connectivity index (χ3v) is 3.78. The second-order valence-corrected chi connectivity index (χ2v) is 5.86. The van der Waals surface area contributed by atoms with E-state index in [0.29, 0.717) is 6.04 Å². The molecule has 1 aromatic heterocycles. The smallest absolute Gasteiger partial charge is 0.205 e. The Bertz CT molecular complexity index is 325. The minimum Gasteiger partial charge on any atom is -0.360 e. The fraction of sp³-hybridized carbons (Fsp3) is 0.846. The van der Waals surface area contributed by atoms with Crippen LogP contribution in [0.15, 0.2) is 0 Å². The lowest BCUT2D eigenvalue weighted by Gasteiger charge is -2.25. The summed E-state index contributed by atoms with van der Waals surface area (Å²) in [5, 5.41) is 13.6. The molecule has 0 amide bonds. The molecule has 1 aromatic rings. The van der Waals surface area contributed by atoms with Crippen molar-refractivity contribution in [2.24, 2.45) is 0 Å². The summed E-state index contributed by atoms with van der Waals surface area (Å²) in [6.45, 7) is 11.8. The molecule has 104 valence electrons. The van der Waals surface area contributed by atoms with E-state index in [1.165, 1.54) is 19.3 Å². The highest BCUT2D eigenvalue weighted by Gasteiger charge is 2.12. The van der Waals surface area contributed by atoms with Crippen LogP contribution in [0.25, 0.3) is 0 Å². The summed E-state index contributed by atoms with van der Waals surface area (Å²) in [6, 6.07) is 0.563. The lowest BCUT2D eigenvalue weighted by Crippen LogP contribution is -2.31. The van der Waals surface area contributed by atoms with Crippen molar-refractivity contribution in [3.05, 3.63) is 5.01 Å². The SMILES string of the molecule is CCCCCN(Cc1nnc(NCC)s1)C(C)C. The molecule has 0 saturated heterocycles. The monoisotopic (exact) mass is 270 g/mol. The maximum absolute atomic E-state index is 4.25. The number of anilines is 1. The van der Waals surface area contributed by atoms with Crippen molar-refractivity contribution < 1.29 is 0 Å². The van der Waals surface area contributed by atoms with E-state index in [4.69, 9.17) is 0 Å². The Morgan fingerprint density at radius 3 is 2.61 bits per heavy atom. The van der Waals surface area contributed by atoms with Crippen LogP contribution in [0.4, 0.5) is 5.13 Å². The lowest BCUT2D eigenvalue weighted by molar-refractivity contribution is 0.208. The molecule has 1 rings (SSSR count). The number of unbranched alkanes of at least 4 members (excludes halogenated alkanes) is 2. The Morgan fingerprint density at radius 2 is 2.00 bits per heavy atom. The van der Waals surface area contributed by atoms with Gasteiger partial charge < -0.3 is 5.32 Å². The van der Waals surface area contributed by atoms with Crippen LogP contribution < -0.4 is 5.32 Å². The Balaban J connectivity index is 2.48. The Hall–Kier alpha value is -0.680. The van der Waals surface area contributed by atoms with Crippen LogP contribution in [0.5, 0.6) is 0 Å². The molecule has 0 fully saturated rings. The van der Waals surface area contributed by atoms with Gasteiger partial charge >= 0.3 is 0 Å². The van der Waals surface area contributed by atoms with Crippen molar-refractivity contribution in [1.29, 1.82) is 0 Å². The van der Waals surface area contributed by atoms with Crippen molar-refractivity contribution in [2.75, 3.05) is 18.4 Å². The van der Waals surface area contributed by atoms with Gasteiger partial charge in [-0.05, 0) is 33.7 Å². The normalized spacial score (nSPS) is 11.4. The maximum atomic E-state index is 4.25. The van der Waals surface area contributed by atoms with Crippen molar-refractivity contribution in [3.63, 3.8) is 0 Å². The fourth-order valence-corrected chi connectivity index (χ4v) is 2.63. The summed E-state index contributed by atoms with van der Waals surface area (Å²) in [6.07, 6.45) is 3.85. The standard InChI is InChI=1S/C13H26N4S/c1-5-7-8-9-17(11(3)4)10-12-15-16-13(18-12)14-6-2/h11H,5-10H2,1-4H3,(H,14,16). The summed E-state index contributed by atoms with van der Waals surface area (Å²) in [4.78, 5) is 2.48. The molecule has 5 heteroatoms. The molecule has 18 heavy (non-hydrogen) atoms. The summed E-state index contributed by atoms with van der Waals surface area (Å²) in [5.74, 6) is 0. The van der Waals surface area contributed by atoms with E-state index < -0.39 is 0 Å². The molecule has 1 N–H and O–H groups in total. The highest BCUT2D eigenvalue weighted by molar-refractivity contribution is 7.15. The van der Waals surface area contributed by atoms with E-state index in [1.807, 2.05) is 0 Å². The third-order valence-electron chi connectivity index (χ3n) is 2.91. The average molecular weight is 270 g/mol. The minimum absolute atomic E-state index is 0.563. The van der Waals surface area contributed by atoms with Crippen LogP contribution in [-0.4, -0.2) is 34.2 Å². The maximum Gasteiger partial charge on any atom is 0.205 e. The summed E-state index contributed by atoms with van der Waals surface area (Å²) in [7, 11) is 0. The average Bonchev–Trinajstić information content (AvgIpc) is 2.76. The van der Waals surface area contributed by atoms with Crippen LogP contribution in [0.2, 0.25) is 0 Å². The molecule has 4 nitrogen and oxygen atoms in total. The predicted octanol–water partition coefficient (Wildman–Crippen LogP) is 3.37. The van der Waals surface area contributed by atoms with E-state index >= 15 is 0 Å². The second kappa shape index (κ2) is 8.43. The molecule has 0 radical (unpaired) electrons. The molecule has 0 aliphatic carbocycles. The van der Waals surface area contributed by atoms with Crippen LogP contribution in [0, 0.1) is 0 Å². The molecule has 0 aliphatic rings. The zero-order valence-corrected chi connectivity index (χ0v) is 12.9. The largest absolute Gasteiger partial charge is 0.360 e. The van der Waals surface area contributed by atoms with Crippen molar-refractivity contribution in [3.8, 4) is 0 Å². The molecular weight excluding hydrogens is 244 g/mol. The first kappa shape index (κ1) is 15.4. The van der Waals surface area contributed by atoms with Crippen molar-refractivity contribution in [2.45, 2.75) is 59.5 Å². The van der Waals surface area contributed by atoms with E-state index in [9.17, 15) is 0 Å². The van der Waals surface area contributed by atoms with Gasteiger partial charge in [0.2, 0.25) is 5.13 Å². The van der Waals surface area contributed by atoms with Gasteiger partial charge in [-0.3, -0.25) is 4.90 Å². The molecule has 0 atom stereocenters. The van der Waals surface area contributed by atoms with Crippen LogP contribution in [0.3, 0.4) is 0 Å². The number of rotatable bonds is 9. The van der Waals surface area contributed by atoms with E-state index in [2.05, 4.69) is 48.1 Å². The topological polar surface area (TPSA) is 41.1 Å². The summed E-state index contributed by atoms with van der Waals surface area (Å²) < 4.78 is 0. The predicted molar refractivity (Wildman–Crippen MR) is 79.1 cm³/mol. The second-order valence-electron chi connectivity index (χ2n) is 4.80. The minimum atomic E-state index is 0.563. The molecule has 0 unspecified atom stereocenters. The van der Waals surface area contributed by atoms with Gasteiger partial charge in [0.05, 0.1) is 6.54 Å². The van der Waals surface area contributed by atoms with Gasteiger partial charge in [0.25, 0.3) is 0 Å². The molecule has 0 aromatic carbocycles. The molecular formula is C13H26N4S. The van der Waals surface area contributed by atoms with Gasteiger partial charge in [0.1, 0.15) is 5.01 Å². The van der Waals surface area contributed by atoms with Crippen LogP contribution in [0.1, 0.15) is 52.0 Å². The highest BCUT2D eigenvalue weighted by Crippen LogP contribution is 2.18. The number of hydrogen-bond donors (Lipinski definition) is 1. The van der Waals surface area contributed by atoms with Gasteiger partial charge in [-0.15, -0.1) is 10.2 Å². The first-order chi connectivity index (χ1) is 8.67. The van der Waals surface area contributed by atoms with Crippen LogP contribution >= 0.6 is 11.3 Å². The molecule has 0 spiro atoms. The molecule has 0 bridgehead atoms. The lowest BCUT2D eigenvalue weighted by atomic mass is 10.2. The molecule has 0 saturated carbocycles. The van der Waals surface area contributed by atoms with Crippen molar-refractivity contribution in [1.82, 2.24) is 15.1 Å². The van der Waals surface area contributed by atoms with Crippen LogP contribution in [-0.2, 0) is 6.54 Å². The quantitative estimate of drug-likeness (QED) is 0.699. The fourth-order valence-electron chi connectivity index (χ4n) is 1.80. The molecule has 0 aliphatic heterocycles. The zero-order valence-electron chi connectivity index (χ0n) is 12.1. The van der Waals surface area contributed by atoms with E-state index in [-0.39, 0.29) is 0 Å². The Labute approximate surface area is 115 Å². The number of nitrogens with one attached hydrogen (secondary N) is 1. The number of hydrogen-bond acceptors (Lipinski definition) is 5. The van der Waals surface area contributed by atoms with E-state index in [1.54, 1.807) is 11.3 Å². The van der Waals surface area contributed by atoms with Gasteiger partial charge in [-0.1, -0.05) is 31.1 Å². The van der Waals surface area contributed by atoms with Crippen molar-refractivity contribution >= 4 is 16.5 Å². The summed E-state index contributed by atoms with van der Waals surface area (Å²) in [5.41, 5.74) is 0. The zero-order chi connectivity index (χ0) is 13.4. The number of nitrogens with zero attached hydrogens (tertiary/aromatic N) is 3. The highest BCUT2D eigenvalue weighted by atomic mass is 32.1. The van der Waals surface area contributed by atoms with E-state index in [0.717, 1.165) is 29.8 Å². The first-order valence-corrected chi connectivity index (χ1v) is 7.79. The summed E-state index contributed by atoms with van der Waals surface area (Å²) >= 11 is 1.67. The van der Waals surface area contributed by atoms with Gasteiger partial charge in [-0.2, -0.15) is 0 Å². The molecule has 1 heterocycles. The Morgan fingerprint density at radius 1 is 1.22 bits per heavy atom. The number of aromatic nitrogens is 2.